The number of amides is 1. The molecular weight excluding hydrogens is 240 g/mol. The summed E-state index contributed by atoms with van der Waals surface area (Å²) in [5.41, 5.74) is 6.84. The lowest BCUT2D eigenvalue weighted by Gasteiger charge is -2.15. The first-order valence-electron chi connectivity index (χ1n) is 6.68. The van der Waals surface area contributed by atoms with Gasteiger partial charge in [-0.1, -0.05) is 13.8 Å². The normalized spacial score (nSPS) is 12.3. The predicted molar refractivity (Wildman–Crippen MR) is 78.4 cm³/mol. The highest BCUT2D eigenvalue weighted by molar-refractivity contribution is 5.95. The van der Waals surface area contributed by atoms with Crippen LogP contribution < -0.4 is 15.8 Å². The summed E-state index contributed by atoms with van der Waals surface area (Å²) in [6.07, 6.45) is 2.08. The van der Waals surface area contributed by atoms with Crippen LogP contribution in [0.2, 0.25) is 0 Å². The first-order valence-corrected chi connectivity index (χ1v) is 6.68. The Balaban J connectivity index is 2.60. The van der Waals surface area contributed by atoms with E-state index in [1.54, 1.807) is 25.3 Å². The van der Waals surface area contributed by atoms with Crippen LogP contribution in [0.1, 0.15) is 44.0 Å². The van der Waals surface area contributed by atoms with E-state index in [-0.39, 0.29) is 11.9 Å². The molecule has 1 aromatic rings. The quantitative estimate of drug-likeness (QED) is 0.776. The molecule has 0 saturated heterocycles. The molecule has 0 saturated carbocycles. The van der Waals surface area contributed by atoms with Crippen LogP contribution in [0.15, 0.2) is 18.2 Å². The highest BCUT2D eigenvalue weighted by Crippen LogP contribution is 2.21. The molecule has 0 fully saturated rings. The molecule has 3 N–H and O–H groups in total. The molecule has 1 unspecified atom stereocenters. The number of methoxy groups -OCH3 is 1. The second-order valence-electron chi connectivity index (χ2n) is 5.30. The van der Waals surface area contributed by atoms with Crippen LogP contribution in [0, 0.1) is 5.92 Å². The fourth-order valence-corrected chi connectivity index (χ4v) is 1.84. The number of carbonyl (C=O) groups excluding carboxylic acids is 1. The van der Waals surface area contributed by atoms with Crippen LogP contribution in [0.4, 0.5) is 5.69 Å². The molecule has 1 aromatic carbocycles. The second-order valence-corrected chi connectivity index (χ2v) is 5.30. The van der Waals surface area contributed by atoms with E-state index in [2.05, 4.69) is 19.2 Å². The molecule has 1 rings (SSSR count). The van der Waals surface area contributed by atoms with E-state index >= 15 is 0 Å². The van der Waals surface area contributed by atoms with Crippen molar-refractivity contribution in [2.24, 2.45) is 5.92 Å². The molecule has 106 valence electrons. The lowest BCUT2D eigenvalue weighted by atomic mass is 10.0. The summed E-state index contributed by atoms with van der Waals surface area (Å²) in [7, 11) is 1.55. The molecule has 0 aliphatic heterocycles. The van der Waals surface area contributed by atoms with Gasteiger partial charge in [-0.25, -0.2) is 0 Å². The fourth-order valence-electron chi connectivity index (χ4n) is 1.84. The SMILES string of the molecule is COc1ccc(C(=O)NC(C)CCC(C)C)cc1N. The van der Waals surface area contributed by atoms with Gasteiger partial charge in [0.05, 0.1) is 12.8 Å². The topological polar surface area (TPSA) is 64.3 Å². The van der Waals surface area contributed by atoms with E-state index in [1.807, 2.05) is 6.92 Å². The first-order chi connectivity index (χ1) is 8.93. The Bertz CT molecular complexity index is 430. The van der Waals surface area contributed by atoms with Gasteiger partial charge in [0, 0.05) is 11.6 Å². The Morgan fingerprint density at radius 3 is 2.53 bits per heavy atom. The molecule has 0 spiro atoms. The molecule has 0 radical (unpaired) electrons. The maximum absolute atomic E-state index is 12.0. The Labute approximate surface area is 115 Å². The second kappa shape index (κ2) is 7.02. The zero-order valence-electron chi connectivity index (χ0n) is 12.2. The Hall–Kier alpha value is -1.71. The molecule has 0 heterocycles. The number of anilines is 1. The monoisotopic (exact) mass is 264 g/mol. The number of nitrogens with one attached hydrogen (secondary N) is 1. The van der Waals surface area contributed by atoms with Gasteiger partial charge in [-0.2, -0.15) is 0 Å². The minimum atomic E-state index is -0.0920. The largest absolute Gasteiger partial charge is 0.495 e. The summed E-state index contributed by atoms with van der Waals surface area (Å²) < 4.78 is 5.07. The van der Waals surface area contributed by atoms with Gasteiger partial charge in [-0.15, -0.1) is 0 Å². The van der Waals surface area contributed by atoms with Crippen LogP contribution in [-0.4, -0.2) is 19.1 Å². The van der Waals surface area contributed by atoms with Gasteiger partial charge in [-0.3, -0.25) is 4.79 Å². The number of ether oxygens (including phenoxy) is 1. The maximum atomic E-state index is 12.0. The van der Waals surface area contributed by atoms with E-state index < -0.39 is 0 Å². The van der Waals surface area contributed by atoms with Crippen molar-refractivity contribution in [2.75, 3.05) is 12.8 Å². The smallest absolute Gasteiger partial charge is 0.251 e. The van der Waals surface area contributed by atoms with E-state index in [9.17, 15) is 4.79 Å². The summed E-state index contributed by atoms with van der Waals surface area (Å²) in [6.45, 7) is 6.38. The number of nitrogen functional groups attached to an aromatic ring is 1. The van der Waals surface area contributed by atoms with Crippen molar-refractivity contribution in [3.8, 4) is 5.75 Å². The first kappa shape index (κ1) is 15.3. The van der Waals surface area contributed by atoms with Crippen LogP contribution in [-0.2, 0) is 0 Å². The summed E-state index contributed by atoms with van der Waals surface area (Å²) in [6, 6.07) is 5.24. The van der Waals surface area contributed by atoms with Crippen LogP contribution in [0.5, 0.6) is 5.75 Å². The molecule has 19 heavy (non-hydrogen) atoms. The molecule has 0 aliphatic carbocycles. The Kier molecular flexibility index (Phi) is 5.67. The molecule has 1 atom stereocenters. The average molecular weight is 264 g/mol. The lowest BCUT2D eigenvalue weighted by molar-refractivity contribution is 0.0937. The molecular formula is C15H24N2O2. The van der Waals surface area contributed by atoms with Gasteiger partial charge in [0.25, 0.3) is 5.91 Å². The van der Waals surface area contributed by atoms with Gasteiger partial charge in [0.2, 0.25) is 0 Å². The third-order valence-corrected chi connectivity index (χ3v) is 3.05. The summed E-state index contributed by atoms with van der Waals surface area (Å²) in [5.74, 6) is 1.14. The summed E-state index contributed by atoms with van der Waals surface area (Å²) in [4.78, 5) is 12.0. The molecule has 4 heteroatoms. The van der Waals surface area contributed by atoms with E-state index in [1.165, 1.54) is 0 Å². The van der Waals surface area contributed by atoms with Gasteiger partial charge in [0.15, 0.2) is 0 Å². The maximum Gasteiger partial charge on any atom is 0.251 e. The highest BCUT2D eigenvalue weighted by atomic mass is 16.5. The van der Waals surface area contributed by atoms with E-state index in [4.69, 9.17) is 10.5 Å². The molecule has 0 aromatic heterocycles. The van der Waals surface area contributed by atoms with E-state index in [0.717, 1.165) is 12.8 Å². The van der Waals surface area contributed by atoms with Gasteiger partial charge >= 0.3 is 0 Å². The number of benzene rings is 1. The average Bonchev–Trinajstić information content (AvgIpc) is 2.36. The van der Waals surface area contributed by atoms with Crippen LogP contribution >= 0.6 is 0 Å². The molecule has 4 nitrogen and oxygen atoms in total. The van der Waals surface area contributed by atoms with Gasteiger partial charge in [-0.05, 0) is 43.9 Å². The fraction of sp³-hybridized carbons (Fsp3) is 0.533. The molecule has 0 bridgehead atoms. The Morgan fingerprint density at radius 2 is 2.00 bits per heavy atom. The third-order valence-electron chi connectivity index (χ3n) is 3.05. The highest BCUT2D eigenvalue weighted by Gasteiger charge is 2.11. The number of rotatable bonds is 6. The van der Waals surface area contributed by atoms with Crippen molar-refractivity contribution in [1.82, 2.24) is 5.32 Å². The van der Waals surface area contributed by atoms with Crippen LogP contribution in [0.25, 0.3) is 0 Å². The van der Waals surface area contributed by atoms with Crippen molar-refractivity contribution < 1.29 is 9.53 Å². The Morgan fingerprint density at radius 1 is 1.32 bits per heavy atom. The molecule has 1 amide bonds. The number of nitrogens with two attached hydrogens (primary N) is 1. The van der Waals surface area contributed by atoms with E-state index in [0.29, 0.717) is 22.9 Å². The van der Waals surface area contributed by atoms with Crippen LogP contribution in [0.3, 0.4) is 0 Å². The predicted octanol–water partition coefficient (Wildman–Crippen LogP) is 2.83. The zero-order chi connectivity index (χ0) is 14.4. The number of hydrogen-bond donors (Lipinski definition) is 2. The molecule has 0 aliphatic rings. The number of hydrogen-bond acceptors (Lipinski definition) is 3. The minimum absolute atomic E-state index is 0.0920. The lowest BCUT2D eigenvalue weighted by Crippen LogP contribution is -2.32. The third kappa shape index (κ3) is 4.81. The van der Waals surface area contributed by atoms with Crippen molar-refractivity contribution >= 4 is 11.6 Å². The number of carbonyl (C=O) groups is 1. The van der Waals surface area contributed by atoms with Crippen molar-refractivity contribution in [1.29, 1.82) is 0 Å². The minimum Gasteiger partial charge on any atom is -0.495 e. The van der Waals surface area contributed by atoms with Gasteiger partial charge < -0.3 is 15.8 Å². The standard InChI is InChI=1S/C15H24N2O2/c1-10(2)5-6-11(3)17-15(18)12-7-8-14(19-4)13(16)9-12/h7-11H,5-6,16H2,1-4H3,(H,17,18). The summed E-state index contributed by atoms with van der Waals surface area (Å²) in [5, 5.41) is 2.98. The van der Waals surface area contributed by atoms with Crippen molar-refractivity contribution in [3.05, 3.63) is 23.8 Å². The zero-order valence-corrected chi connectivity index (χ0v) is 12.2. The van der Waals surface area contributed by atoms with Gasteiger partial charge in [0.1, 0.15) is 5.75 Å². The summed E-state index contributed by atoms with van der Waals surface area (Å²) >= 11 is 0. The van der Waals surface area contributed by atoms with Crippen molar-refractivity contribution in [2.45, 2.75) is 39.7 Å². The van der Waals surface area contributed by atoms with Crippen molar-refractivity contribution in [3.63, 3.8) is 0 Å².